The zero-order chi connectivity index (χ0) is 15.1. The van der Waals surface area contributed by atoms with E-state index in [9.17, 15) is 9.59 Å². The van der Waals surface area contributed by atoms with Gasteiger partial charge in [0.05, 0.1) is 12.3 Å². The van der Waals surface area contributed by atoms with Crippen LogP contribution in [0.4, 0.5) is 0 Å². The van der Waals surface area contributed by atoms with Gasteiger partial charge in [-0.1, -0.05) is 30.0 Å². The highest BCUT2D eigenvalue weighted by Gasteiger charge is 2.10. The molecule has 0 aliphatic heterocycles. The fourth-order valence-electron chi connectivity index (χ4n) is 1.41. The van der Waals surface area contributed by atoms with E-state index in [1.165, 1.54) is 0 Å². The van der Waals surface area contributed by atoms with Crippen molar-refractivity contribution in [2.75, 3.05) is 12.8 Å². The van der Waals surface area contributed by atoms with Crippen molar-refractivity contribution in [1.29, 1.82) is 0 Å². The van der Waals surface area contributed by atoms with Gasteiger partial charge in [-0.15, -0.1) is 10.2 Å². The largest absolute Gasteiger partial charge is 0.414 e. The molecule has 0 aliphatic rings. The Labute approximate surface area is 125 Å². The normalized spacial score (nSPS) is 10.1. The minimum absolute atomic E-state index is 0.128. The van der Waals surface area contributed by atoms with E-state index >= 15 is 0 Å². The summed E-state index contributed by atoms with van der Waals surface area (Å²) in [5, 5.41) is 13.1. The molecule has 0 fully saturated rings. The molecule has 7 nitrogen and oxygen atoms in total. The molecule has 21 heavy (non-hydrogen) atoms. The van der Waals surface area contributed by atoms with Crippen LogP contribution >= 0.6 is 11.8 Å². The number of carbonyl (C=O) groups is 2. The molecule has 0 atom stereocenters. The van der Waals surface area contributed by atoms with Crippen molar-refractivity contribution in [3.05, 3.63) is 41.8 Å². The van der Waals surface area contributed by atoms with Crippen LogP contribution in [0.3, 0.4) is 0 Å². The lowest BCUT2D eigenvalue weighted by atomic mass is 10.2. The molecule has 0 aliphatic carbocycles. The maximum absolute atomic E-state index is 11.8. The number of rotatable bonds is 6. The maximum Gasteiger partial charge on any atom is 0.277 e. The van der Waals surface area contributed by atoms with Crippen molar-refractivity contribution in [2.24, 2.45) is 0 Å². The topological polar surface area (TPSA) is 97.1 Å². The second-order valence-electron chi connectivity index (χ2n) is 3.97. The van der Waals surface area contributed by atoms with E-state index in [4.69, 9.17) is 4.42 Å². The molecule has 1 aromatic heterocycles. The highest BCUT2D eigenvalue weighted by atomic mass is 32.2. The first-order valence-corrected chi connectivity index (χ1v) is 7.16. The number of nitrogens with one attached hydrogen (secondary N) is 2. The van der Waals surface area contributed by atoms with Gasteiger partial charge in [-0.3, -0.25) is 9.59 Å². The van der Waals surface area contributed by atoms with Crippen LogP contribution in [0.2, 0.25) is 0 Å². The molecule has 0 spiro atoms. The molecule has 0 unspecified atom stereocenters. The van der Waals surface area contributed by atoms with Crippen molar-refractivity contribution in [1.82, 2.24) is 20.8 Å². The van der Waals surface area contributed by atoms with E-state index in [0.29, 0.717) is 16.7 Å². The maximum atomic E-state index is 11.8. The zero-order valence-corrected chi connectivity index (χ0v) is 12.1. The third kappa shape index (κ3) is 4.60. The summed E-state index contributed by atoms with van der Waals surface area (Å²) in [6.07, 6.45) is 0. The number of nitrogens with zero attached hydrogens (tertiary/aromatic N) is 2. The van der Waals surface area contributed by atoms with Gasteiger partial charge >= 0.3 is 0 Å². The number of hydrogen-bond acceptors (Lipinski definition) is 6. The smallest absolute Gasteiger partial charge is 0.277 e. The van der Waals surface area contributed by atoms with Crippen molar-refractivity contribution in [2.45, 2.75) is 11.8 Å². The number of amides is 2. The van der Waals surface area contributed by atoms with Gasteiger partial charge < -0.3 is 15.1 Å². The fourth-order valence-corrected chi connectivity index (χ4v) is 2.07. The Hall–Kier alpha value is -2.35. The molecule has 1 heterocycles. The molecule has 0 bridgehead atoms. The van der Waals surface area contributed by atoms with Crippen LogP contribution in [0.5, 0.6) is 0 Å². The molecular weight excluding hydrogens is 292 g/mol. The summed E-state index contributed by atoms with van der Waals surface area (Å²) >= 11 is 1.14. The third-order valence-corrected chi connectivity index (χ3v) is 3.31. The Bertz CT molecular complexity index is 615. The van der Waals surface area contributed by atoms with E-state index in [1.807, 2.05) is 6.07 Å². The standard InChI is InChI=1S/C13H14N4O3S/c1-14-10(18)8-21-13-17-16-11(20-13)7-15-12(19)9-5-3-2-4-6-9/h2-6H,7-8H2,1H3,(H,14,18)(H,15,19). The SMILES string of the molecule is CNC(=O)CSc1nnc(CNC(=O)c2ccccc2)o1. The number of thioether (sulfide) groups is 1. The van der Waals surface area contributed by atoms with Crippen LogP contribution in [-0.4, -0.2) is 34.8 Å². The quantitative estimate of drug-likeness (QED) is 0.768. The van der Waals surface area contributed by atoms with Crippen molar-refractivity contribution in [3.8, 4) is 0 Å². The lowest BCUT2D eigenvalue weighted by molar-refractivity contribution is -0.118. The first-order valence-electron chi connectivity index (χ1n) is 6.18. The molecule has 8 heteroatoms. The molecule has 0 saturated carbocycles. The number of aromatic nitrogens is 2. The van der Waals surface area contributed by atoms with Crippen LogP contribution in [0.25, 0.3) is 0 Å². The first kappa shape index (κ1) is 15.0. The van der Waals surface area contributed by atoms with Crippen LogP contribution in [-0.2, 0) is 11.3 Å². The molecular formula is C13H14N4O3S. The second-order valence-corrected chi connectivity index (χ2v) is 4.90. The Morgan fingerprint density at radius 3 is 2.71 bits per heavy atom. The highest BCUT2D eigenvalue weighted by Crippen LogP contribution is 2.15. The van der Waals surface area contributed by atoms with Gasteiger partial charge in [-0.05, 0) is 12.1 Å². The monoisotopic (exact) mass is 306 g/mol. The predicted molar refractivity (Wildman–Crippen MR) is 76.7 cm³/mol. The van der Waals surface area contributed by atoms with Gasteiger partial charge in [0.25, 0.3) is 11.1 Å². The van der Waals surface area contributed by atoms with Gasteiger partial charge in [-0.2, -0.15) is 0 Å². The Morgan fingerprint density at radius 2 is 2.00 bits per heavy atom. The van der Waals surface area contributed by atoms with Gasteiger partial charge in [0.2, 0.25) is 11.8 Å². The fraction of sp³-hybridized carbons (Fsp3) is 0.231. The van der Waals surface area contributed by atoms with E-state index in [0.717, 1.165) is 11.8 Å². The molecule has 2 amide bonds. The summed E-state index contributed by atoms with van der Waals surface area (Å²) in [6, 6.07) is 8.84. The van der Waals surface area contributed by atoms with E-state index in [-0.39, 0.29) is 24.1 Å². The molecule has 110 valence electrons. The zero-order valence-electron chi connectivity index (χ0n) is 11.3. The summed E-state index contributed by atoms with van der Waals surface area (Å²) in [7, 11) is 1.56. The molecule has 0 radical (unpaired) electrons. The molecule has 1 aromatic carbocycles. The van der Waals surface area contributed by atoms with Crippen LogP contribution in [0.15, 0.2) is 40.0 Å². The number of benzene rings is 1. The van der Waals surface area contributed by atoms with Crippen LogP contribution < -0.4 is 10.6 Å². The minimum Gasteiger partial charge on any atom is -0.414 e. The van der Waals surface area contributed by atoms with E-state index in [1.54, 1.807) is 31.3 Å². The summed E-state index contributed by atoms with van der Waals surface area (Å²) in [6.45, 7) is 0.140. The molecule has 2 rings (SSSR count). The van der Waals surface area contributed by atoms with Crippen LogP contribution in [0, 0.1) is 0 Å². The number of hydrogen-bond donors (Lipinski definition) is 2. The lowest BCUT2D eigenvalue weighted by Crippen LogP contribution is -2.22. The minimum atomic E-state index is -0.214. The average Bonchev–Trinajstić information content (AvgIpc) is 2.99. The van der Waals surface area contributed by atoms with Gasteiger partial charge in [-0.25, -0.2) is 0 Å². The van der Waals surface area contributed by atoms with Gasteiger partial charge in [0.15, 0.2) is 0 Å². The number of carbonyl (C=O) groups excluding carboxylic acids is 2. The van der Waals surface area contributed by atoms with E-state index in [2.05, 4.69) is 20.8 Å². The average molecular weight is 306 g/mol. The Kier molecular flexibility index (Phi) is 5.33. The summed E-state index contributed by atoms with van der Waals surface area (Å²) in [5.41, 5.74) is 0.561. The van der Waals surface area contributed by atoms with Crippen molar-refractivity contribution in [3.63, 3.8) is 0 Å². The second kappa shape index (κ2) is 7.44. The lowest BCUT2D eigenvalue weighted by Gasteiger charge is -2.01. The summed E-state index contributed by atoms with van der Waals surface area (Å²) in [5.74, 6) is 0.151. The Morgan fingerprint density at radius 1 is 1.24 bits per heavy atom. The van der Waals surface area contributed by atoms with E-state index < -0.39 is 0 Å². The van der Waals surface area contributed by atoms with Crippen LogP contribution in [0.1, 0.15) is 16.2 Å². The molecule has 2 aromatic rings. The first-order chi connectivity index (χ1) is 10.2. The van der Waals surface area contributed by atoms with Gasteiger partial charge in [0.1, 0.15) is 0 Å². The predicted octanol–water partition coefficient (Wildman–Crippen LogP) is 0.838. The Balaban J connectivity index is 1.83. The molecule has 2 N–H and O–H groups in total. The third-order valence-electron chi connectivity index (χ3n) is 2.49. The summed E-state index contributed by atoms with van der Waals surface area (Å²) < 4.78 is 5.31. The highest BCUT2D eigenvalue weighted by molar-refractivity contribution is 7.99. The van der Waals surface area contributed by atoms with Crippen molar-refractivity contribution < 1.29 is 14.0 Å². The van der Waals surface area contributed by atoms with Crippen molar-refractivity contribution >= 4 is 23.6 Å². The van der Waals surface area contributed by atoms with Gasteiger partial charge in [0, 0.05) is 12.6 Å². The molecule has 0 saturated heterocycles. The summed E-state index contributed by atoms with van der Waals surface area (Å²) in [4.78, 5) is 22.9.